The first kappa shape index (κ1) is 13.6. The quantitative estimate of drug-likeness (QED) is 0.930. The molecule has 0 fully saturated rings. The smallest absolute Gasteiger partial charge is 0.143 e. The van der Waals surface area contributed by atoms with Gasteiger partial charge in [0.15, 0.2) is 0 Å². The van der Waals surface area contributed by atoms with Crippen LogP contribution < -0.4 is 5.32 Å². The highest BCUT2D eigenvalue weighted by molar-refractivity contribution is 9.10. The minimum absolute atomic E-state index is 0.292. The van der Waals surface area contributed by atoms with Crippen molar-refractivity contribution in [2.24, 2.45) is 0 Å². The first-order valence-corrected chi connectivity index (χ1v) is 6.85. The maximum absolute atomic E-state index is 9.28. The van der Waals surface area contributed by atoms with Crippen molar-refractivity contribution >= 4 is 21.6 Å². The monoisotopic (exact) mass is 318 g/mol. The minimum atomic E-state index is -0.395. The van der Waals surface area contributed by atoms with Crippen molar-refractivity contribution in [3.63, 3.8) is 0 Å². The van der Waals surface area contributed by atoms with Crippen molar-refractivity contribution in [1.29, 1.82) is 5.26 Å². The lowest BCUT2D eigenvalue weighted by molar-refractivity contribution is 0.532. The Morgan fingerprint density at radius 1 is 1.32 bits per heavy atom. The second-order valence-corrected chi connectivity index (χ2v) is 5.48. The van der Waals surface area contributed by atoms with Crippen molar-refractivity contribution in [2.45, 2.75) is 25.9 Å². The number of hydrogen-bond acceptors (Lipinski definition) is 3. The Kier molecular flexibility index (Phi) is 4.23. The van der Waals surface area contributed by atoms with Crippen LogP contribution in [-0.2, 0) is 0 Å². The molecule has 1 aromatic carbocycles. The lowest BCUT2D eigenvalue weighted by atomic mass is 10.1. The van der Waals surface area contributed by atoms with E-state index in [1.165, 1.54) is 0 Å². The van der Waals surface area contributed by atoms with E-state index in [4.69, 9.17) is 0 Å². The number of nitrogens with one attached hydrogen (secondary N) is 1. The van der Waals surface area contributed by atoms with E-state index in [0.717, 1.165) is 15.7 Å². The highest BCUT2D eigenvalue weighted by Crippen LogP contribution is 2.21. The van der Waals surface area contributed by atoms with E-state index in [2.05, 4.69) is 46.3 Å². The SMILES string of the molecule is CC(C)n1cc(C(C#N)Nc2ccc(Br)cc2)cn1. The summed E-state index contributed by atoms with van der Waals surface area (Å²) in [6, 6.07) is 9.90. The number of halogens is 1. The van der Waals surface area contributed by atoms with Crippen LogP contribution in [0.5, 0.6) is 0 Å². The molecule has 2 rings (SSSR count). The number of aromatic nitrogens is 2. The first-order valence-electron chi connectivity index (χ1n) is 6.06. The Bertz CT molecular complexity index is 580. The first-order chi connectivity index (χ1) is 9.10. The standard InChI is InChI=1S/C14H15BrN4/c1-10(2)19-9-11(8-17-19)14(7-16)18-13-5-3-12(15)4-6-13/h3-6,8-10,14,18H,1-2H3. The van der Waals surface area contributed by atoms with Crippen LogP contribution in [0.4, 0.5) is 5.69 Å². The lowest BCUT2D eigenvalue weighted by Gasteiger charge is -2.11. The van der Waals surface area contributed by atoms with E-state index in [1.54, 1.807) is 6.20 Å². The molecule has 1 heterocycles. The van der Waals surface area contributed by atoms with E-state index in [-0.39, 0.29) is 0 Å². The van der Waals surface area contributed by atoms with Gasteiger partial charge in [0.25, 0.3) is 0 Å². The van der Waals surface area contributed by atoms with E-state index >= 15 is 0 Å². The van der Waals surface area contributed by atoms with E-state index in [1.807, 2.05) is 35.1 Å². The number of nitriles is 1. The fourth-order valence-electron chi connectivity index (χ4n) is 1.69. The van der Waals surface area contributed by atoms with Gasteiger partial charge in [0.05, 0.1) is 12.3 Å². The van der Waals surface area contributed by atoms with Crippen LogP contribution in [0.2, 0.25) is 0 Å². The van der Waals surface area contributed by atoms with Gasteiger partial charge in [-0.15, -0.1) is 0 Å². The van der Waals surface area contributed by atoms with Crippen LogP contribution in [0.1, 0.15) is 31.5 Å². The van der Waals surface area contributed by atoms with Crippen molar-refractivity contribution in [3.05, 3.63) is 46.7 Å². The Labute approximate surface area is 121 Å². The molecule has 0 amide bonds. The van der Waals surface area contributed by atoms with Gasteiger partial charge in [-0.05, 0) is 38.1 Å². The van der Waals surface area contributed by atoms with Gasteiger partial charge in [0.2, 0.25) is 0 Å². The highest BCUT2D eigenvalue weighted by Gasteiger charge is 2.13. The molecule has 1 N–H and O–H groups in total. The van der Waals surface area contributed by atoms with Gasteiger partial charge in [0.1, 0.15) is 6.04 Å². The number of nitrogens with zero attached hydrogens (tertiary/aromatic N) is 3. The second kappa shape index (κ2) is 5.89. The molecule has 0 bridgehead atoms. The fourth-order valence-corrected chi connectivity index (χ4v) is 1.95. The van der Waals surface area contributed by atoms with Gasteiger partial charge in [-0.3, -0.25) is 4.68 Å². The summed E-state index contributed by atoms with van der Waals surface area (Å²) in [7, 11) is 0. The summed E-state index contributed by atoms with van der Waals surface area (Å²) in [5, 5.41) is 16.7. The van der Waals surface area contributed by atoms with Crippen molar-refractivity contribution in [1.82, 2.24) is 9.78 Å². The zero-order chi connectivity index (χ0) is 13.8. The zero-order valence-corrected chi connectivity index (χ0v) is 12.4. The van der Waals surface area contributed by atoms with Gasteiger partial charge in [-0.1, -0.05) is 15.9 Å². The molecule has 19 heavy (non-hydrogen) atoms. The van der Waals surface area contributed by atoms with Crippen LogP contribution in [-0.4, -0.2) is 9.78 Å². The Morgan fingerprint density at radius 2 is 2.00 bits per heavy atom. The second-order valence-electron chi connectivity index (χ2n) is 4.56. The van der Waals surface area contributed by atoms with E-state index in [0.29, 0.717) is 6.04 Å². The van der Waals surface area contributed by atoms with Crippen LogP contribution in [0.25, 0.3) is 0 Å². The zero-order valence-electron chi connectivity index (χ0n) is 10.8. The van der Waals surface area contributed by atoms with Gasteiger partial charge < -0.3 is 5.32 Å². The van der Waals surface area contributed by atoms with Gasteiger partial charge in [-0.2, -0.15) is 10.4 Å². The fraction of sp³-hybridized carbons (Fsp3) is 0.286. The molecule has 4 nitrogen and oxygen atoms in total. The van der Waals surface area contributed by atoms with Crippen LogP contribution >= 0.6 is 15.9 Å². The maximum atomic E-state index is 9.28. The Balaban J connectivity index is 2.16. The molecule has 1 unspecified atom stereocenters. The summed E-state index contributed by atoms with van der Waals surface area (Å²) in [4.78, 5) is 0. The third-order valence-electron chi connectivity index (χ3n) is 2.77. The topological polar surface area (TPSA) is 53.6 Å². The Hall–Kier alpha value is -1.80. The third kappa shape index (κ3) is 3.36. The third-order valence-corrected chi connectivity index (χ3v) is 3.30. The molecule has 0 spiro atoms. The summed E-state index contributed by atoms with van der Waals surface area (Å²) in [6.45, 7) is 4.11. The Morgan fingerprint density at radius 3 is 2.53 bits per heavy atom. The lowest BCUT2D eigenvalue weighted by Crippen LogP contribution is -2.08. The number of hydrogen-bond donors (Lipinski definition) is 1. The summed E-state index contributed by atoms with van der Waals surface area (Å²) in [5.74, 6) is 0. The normalized spacial score (nSPS) is 12.2. The van der Waals surface area contributed by atoms with Crippen LogP contribution in [0, 0.1) is 11.3 Å². The number of rotatable bonds is 4. The molecular weight excluding hydrogens is 304 g/mol. The van der Waals surface area contributed by atoms with Gasteiger partial charge in [0, 0.05) is 28.0 Å². The molecule has 0 saturated heterocycles. The molecule has 0 radical (unpaired) electrons. The molecule has 0 aliphatic rings. The molecule has 98 valence electrons. The van der Waals surface area contributed by atoms with Crippen molar-refractivity contribution in [3.8, 4) is 6.07 Å². The molecule has 1 aromatic heterocycles. The number of benzene rings is 1. The van der Waals surface area contributed by atoms with Crippen molar-refractivity contribution in [2.75, 3.05) is 5.32 Å². The molecule has 0 aliphatic heterocycles. The van der Waals surface area contributed by atoms with Crippen LogP contribution in [0.3, 0.4) is 0 Å². The van der Waals surface area contributed by atoms with Gasteiger partial charge >= 0.3 is 0 Å². The van der Waals surface area contributed by atoms with E-state index < -0.39 is 6.04 Å². The number of anilines is 1. The molecule has 0 aliphatic carbocycles. The summed E-state index contributed by atoms with van der Waals surface area (Å²) in [5.41, 5.74) is 1.78. The van der Waals surface area contributed by atoms with Crippen molar-refractivity contribution < 1.29 is 0 Å². The van der Waals surface area contributed by atoms with Crippen LogP contribution in [0.15, 0.2) is 41.1 Å². The van der Waals surface area contributed by atoms with Gasteiger partial charge in [-0.25, -0.2) is 0 Å². The summed E-state index contributed by atoms with van der Waals surface area (Å²) < 4.78 is 2.86. The predicted octanol–water partition coefficient (Wildman–Crippen LogP) is 3.90. The molecule has 0 saturated carbocycles. The molecule has 1 atom stereocenters. The largest absolute Gasteiger partial charge is 0.366 e. The average Bonchev–Trinajstić information content (AvgIpc) is 2.88. The van der Waals surface area contributed by atoms with E-state index in [9.17, 15) is 5.26 Å². The predicted molar refractivity (Wildman–Crippen MR) is 78.7 cm³/mol. The summed E-state index contributed by atoms with van der Waals surface area (Å²) >= 11 is 3.39. The molecule has 5 heteroatoms. The molecule has 2 aromatic rings. The highest BCUT2D eigenvalue weighted by atomic mass is 79.9. The molecular formula is C14H15BrN4. The minimum Gasteiger partial charge on any atom is -0.366 e. The average molecular weight is 319 g/mol. The maximum Gasteiger partial charge on any atom is 0.143 e. The summed E-state index contributed by atoms with van der Waals surface area (Å²) in [6.07, 6.45) is 3.64.